The Balaban J connectivity index is 0.000000209. The summed E-state index contributed by atoms with van der Waals surface area (Å²) in [7, 11) is -5.61. The molecule has 1 N–H and O–H groups in total. The summed E-state index contributed by atoms with van der Waals surface area (Å²) in [5.74, 6) is 0.0928. The van der Waals surface area contributed by atoms with Crippen molar-refractivity contribution in [3.8, 4) is 17.2 Å². The maximum absolute atomic E-state index is 12.4. The van der Waals surface area contributed by atoms with Crippen molar-refractivity contribution in [2.24, 2.45) is 0 Å². The maximum atomic E-state index is 12.4. The molecule has 3 aromatic carbocycles. The van der Waals surface area contributed by atoms with Crippen molar-refractivity contribution in [1.29, 1.82) is 0 Å². The molecule has 15 nitrogen and oxygen atoms in total. The predicted octanol–water partition coefficient (Wildman–Crippen LogP) is 4.98. The van der Waals surface area contributed by atoms with Gasteiger partial charge in [0.05, 0.1) is 56.2 Å². The number of phenols is 1. The van der Waals surface area contributed by atoms with Gasteiger partial charge in [-0.2, -0.15) is 21.6 Å². The number of hydrogen-bond acceptors (Lipinski definition) is 15. The average Bonchev–Trinajstić information content (AvgIpc) is 3.29. The molecule has 6 heterocycles. The summed E-state index contributed by atoms with van der Waals surface area (Å²) in [4.78, 5) is 30.2. The first-order valence-electron chi connectivity index (χ1n) is 21.2. The molecule has 3 fully saturated rings. The van der Waals surface area contributed by atoms with Gasteiger partial charge in [-0.15, -0.1) is 0 Å². The van der Waals surface area contributed by atoms with Crippen LogP contribution in [-0.2, 0) is 42.2 Å². The molecule has 25 heteroatoms. The van der Waals surface area contributed by atoms with E-state index in [1.807, 2.05) is 29.3 Å². The molecule has 3 saturated heterocycles. The second-order valence-corrected chi connectivity index (χ2v) is 17.7. The number of fused-ring (bicyclic) bond motifs is 3. The van der Waals surface area contributed by atoms with Crippen molar-refractivity contribution >= 4 is 72.3 Å². The average molecular weight is 1090 g/mol. The number of hydrogen-bond donors (Lipinski definition) is 1. The molecule has 70 heavy (non-hydrogen) atoms. The molecule has 3 aromatic heterocycles. The van der Waals surface area contributed by atoms with E-state index in [2.05, 4.69) is 58.0 Å². The number of aromatic nitrogens is 3. The van der Waals surface area contributed by atoms with Gasteiger partial charge in [0.25, 0.3) is 0 Å². The minimum Gasteiger partial charge on any atom is -0.508 e. The van der Waals surface area contributed by atoms with Crippen LogP contribution in [0.5, 0.6) is 17.2 Å². The number of rotatable bonds is 7. The molecule has 3 aliphatic heterocycles. The normalized spacial score (nSPS) is 15.6. The molecule has 372 valence electrons. The first-order valence-corrected chi connectivity index (χ1v) is 23.4. The fraction of sp³-hybridized carbons (Fsp3) is 0.356. The summed E-state index contributed by atoms with van der Waals surface area (Å²) in [5, 5.41) is 11.9. The number of ether oxygens (including phenoxy) is 4. The van der Waals surface area contributed by atoms with Gasteiger partial charge in [-0.3, -0.25) is 49.5 Å². The van der Waals surface area contributed by atoms with Gasteiger partial charge in [-0.05, 0) is 113 Å². The smallest absolute Gasteiger partial charge is 0.508 e. The van der Waals surface area contributed by atoms with Crippen molar-refractivity contribution in [3.63, 3.8) is 0 Å². The van der Waals surface area contributed by atoms with Crippen LogP contribution in [0.1, 0.15) is 18.1 Å². The third-order valence-electron chi connectivity index (χ3n) is 9.92. The van der Waals surface area contributed by atoms with Crippen molar-refractivity contribution in [1.82, 2.24) is 29.7 Å². The van der Waals surface area contributed by atoms with E-state index in [1.54, 1.807) is 42.7 Å². The number of pyridine rings is 3. The van der Waals surface area contributed by atoms with E-state index in [1.165, 1.54) is 24.6 Å². The SMILES string of the molecule is CC(=O)Oc1ccc2ncc(Br)cc2c1.FB(F)F.O=S(=O)(Oc1ccc2ncc(CN3CCOCC3)cc2c1)C(F)(F)F.Oc1ccc2ncc(CN3CCOCC3)cc2c1.[CH2-]N1CCOCC1.[K+]. The van der Waals surface area contributed by atoms with E-state index in [0.717, 1.165) is 110 Å². The van der Waals surface area contributed by atoms with E-state index in [9.17, 15) is 44.4 Å². The van der Waals surface area contributed by atoms with Crippen LogP contribution >= 0.6 is 15.9 Å². The number of phenolic OH excluding ortho intramolecular Hbond substituents is 1. The molecule has 6 aromatic rings. The molecular weight excluding hydrogens is 1040 g/mol. The van der Waals surface area contributed by atoms with E-state index in [-0.39, 0.29) is 63.1 Å². The number of aromatic hydroxyl groups is 1. The zero-order valence-corrected chi connectivity index (χ0v) is 43.8. The Kier molecular flexibility index (Phi) is 24.6. The van der Waals surface area contributed by atoms with E-state index >= 15 is 0 Å². The molecule has 0 spiro atoms. The number of nitrogens with zero attached hydrogens (tertiary/aromatic N) is 6. The van der Waals surface area contributed by atoms with Crippen LogP contribution in [0.25, 0.3) is 32.7 Å². The number of morpholine rings is 3. The summed E-state index contributed by atoms with van der Waals surface area (Å²) < 4.78 is 114. The first kappa shape index (κ1) is 59.0. The van der Waals surface area contributed by atoms with Crippen LogP contribution in [0.3, 0.4) is 0 Å². The Morgan fingerprint density at radius 1 is 0.700 bits per heavy atom. The van der Waals surface area contributed by atoms with Crippen LogP contribution in [0.15, 0.2) is 95.9 Å². The summed E-state index contributed by atoms with van der Waals surface area (Å²) in [6.07, 6.45) is 5.33. The van der Waals surface area contributed by atoms with Gasteiger partial charge in [0.1, 0.15) is 17.2 Å². The van der Waals surface area contributed by atoms with Crippen molar-refractivity contribution in [2.45, 2.75) is 25.5 Å². The van der Waals surface area contributed by atoms with Gasteiger partial charge in [-0.1, -0.05) is 0 Å². The zero-order chi connectivity index (χ0) is 50.0. The van der Waals surface area contributed by atoms with Crippen molar-refractivity contribution in [2.75, 3.05) is 78.9 Å². The van der Waals surface area contributed by atoms with Crippen LogP contribution in [0, 0.1) is 7.05 Å². The fourth-order valence-electron chi connectivity index (χ4n) is 6.67. The van der Waals surface area contributed by atoms with E-state index < -0.39 is 28.9 Å². The van der Waals surface area contributed by atoms with Crippen LogP contribution < -0.4 is 60.3 Å². The number of esters is 1. The molecule has 0 saturated carbocycles. The minimum absolute atomic E-state index is 0. The third kappa shape index (κ3) is 20.5. The van der Waals surface area contributed by atoms with Crippen LogP contribution in [-0.4, -0.2) is 141 Å². The largest absolute Gasteiger partial charge is 1.00 e. The molecule has 0 amide bonds. The maximum Gasteiger partial charge on any atom is 1.00 e. The summed E-state index contributed by atoms with van der Waals surface area (Å²) >= 11 is 3.34. The Labute approximate surface area is 452 Å². The second-order valence-electron chi connectivity index (χ2n) is 15.3. The zero-order valence-electron chi connectivity index (χ0n) is 38.3. The molecular formula is C45H49BBrF6KN6O9S. The first-order chi connectivity index (χ1) is 32.8. The van der Waals surface area contributed by atoms with Gasteiger partial charge in [0.2, 0.25) is 0 Å². The number of carbonyl (C=O) groups excluding carboxylic acids is 1. The Morgan fingerprint density at radius 3 is 1.57 bits per heavy atom. The quantitative estimate of drug-likeness (QED) is 0.0433. The van der Waals surface area contributed by atoms with E-state index in [0.29, 0.717) is 36.4 Å². The molecule has 0 radical (unpaired) electrons. The molecule has 0 unspecified atom stereocenters. The third-order valence-corrected chi connectivity index (χ3v) is 11.3. The molecule has 0 aliphatic carbocycles. The van der Waals surface area contributed by atoms with Gasteiger partial charge in [0.15, 0.2) is 0 Å². The van der Waals surface area contributed by atoms with Crippen molar-refractivity contribution in [3.05, 3.63) is 114 Å². The van der Waals surface area contributed by atoms with E-state index in [4.69, 9.17) is 18.9 Å². The Bertz CT molecular complexity index is 2710. The van der Waals surface area contributed by atoms with Crippen LogP contribution in [0.2, 0.25) is 0 Å². The molecule has 3 aliphatic rings. The van der Waals surface area contributed by atoms with Gasteiger partial charge in [-0.25, -0.2) is 0 Å². The standard InChI is InChI=1S/C15H15F3N2O4S.C14H16N2O2.C11H8BrNO2.C5H10NO.BF3.K/c16-15(17,18)25(21,22)24-13-1-2-14-12(8-13)7-11(9-19-14)10-20-3-5-23-6-4-20;17-13-1-2-14-12(8-13)7-11(9-15-14)10-16-3-5-18-6-4-16;1-7(14)15-10-2-3-11-8(5-10)4-9(12)6-13-11;1-6-2-4-7-5-3-6;2-1(3)4;/h1-2,7-9H,3-6,10H2;1-2,7-9,17H,3-6,10H2;2-6H,1H3;1-5H2;;/q;;;-1;;+1. The second kappa shape index (κ2) is 29.2. The van der Waals surface area contributed by atoms with Crippen LogP contribution in [0.4, 0.5) is 26.1 Å². The molecule has 0 bridgehead atoms. The Hall–Kier alpha value is -3.57. The number of halogens is 7. The minimum atomic E-state index is -5.69. The number of alkyl halides is 3. The van der Waals surface area contributed by atoms with Gasteiger partial charge < -0.3 is 33.1 Å². The monoisotopic (exact) mass is 1090 g/mol. The fourth-order valence-corrected chi connectivity index (χ4v) is 7.47. The van der Waals surface area contributed by atoms with Gasteiger partial charge in [0, 0.05) is 85.4 Å². The number of carbonyl (C=O) groups is 1. The summed E-state index contributed by atoms with van der Waals surface area (Å²) in [6.45, 7) is 13.0. The van der Waals surface area contributed by atoms with Gasteiger partial charge >= 0.3 is 80.5 Å². The summed E-state index contributed by atoms with van der Waals surface area (Å²) in [5.41, 5.74) is -1.12. The Morgan fingerprint density at radius 2 is 1.11 bits per heavy atom. The predicted molar refractivity (Wildman–Crippen MR) is 251 cm³/mol. The van der Waals surface area contributed by atoms with Crippen molar-refractivity contribution < 1.29 is 119 Å². The number of benzene rings is 3. The molecule has 0 atom stereocenters. The topological polar surface area (TPSA) is 166 Å². The molecule has 9 rings (SSSR count). The summed E-state index contributed by atoms with van der Waals surface area (Å²) in [6, 6.07) is 20.1.